The van der Waals surface area contributed by atoms with Gasteiger partial charge in [0.25, 0.3) is 5.91 Å². The van der Waals surface area contributed by atoms with Gasteiger partial charge in [-0.05, 0) is 25.0 Å². The van der Waals surface area contributed by atoms with E-state index < -0.39 is 11.6 Å². The molecule has 0 bridgehead atoms. The van der Waals surface area contributed by atoms with E-state index in [1.54, 1.807) is 0 Å². The molecule has 1 aromatic rings. The highest BCUT2D eigenvalue weighted by molar-refractivity contribution is 7.15. The maximum atomic E-state index is 11.9. The summed E-state index contributed by atoms with van der Waals surface area (Å²) >= 11 is 0.933. The van der Waals surface area contributed by atoms with Crippen molar-refractivity contribution >= 4 is 23.2 Å². The van der Waals surface area contributed by atoms with Gasteiger partial charge in [0.15, 0.2) is 0 Å². The molecule has 3 N–H and O–H groups in total. The zero-order valence-corrected chi connectivity index (χ0v) is 12.6. The number of carbonyl (C=O) groups excluding carboxylic acids is 1. The molecular formula is C14H21NO4S. The highest BCUT2D eigenvalue weighted by Crippen LogP contribution is 2.20. The maximum Gasteiger partial charge on any atom is 0.345 e. The first-order chi connectivity index (χ1) is 9.41. The van der Waals surface area contributed by atoms with Crippen molar-refractivity contribution in [2.24, 2.45) is 0 Å². The predicted octanol–water partition coefficient (Wildman–Crippen LogP) is 2.51. The number of thiophene rings is 1. The molecule has 0 unspecified atom stereocenters. The molecule has 0 aliphatic carbocycles. The Labute approximate surface area is 122 Å². The molecule has 0 saturated heterocycles. The van der Waals surface area contributed by atoms with Crippen LogP contribution in [0.25, 0.3) is 0 Å². The number of carbonyl (C=O) groups is 2. The minimum absolute atomic E-state index is 0.132. The first-order valence-corrected chi connectivity index (χ1v) is 7.57. The van der Waals surface area contributed by atoms with Crippen LogP contribution in [0.4, 0.5) is 0 Å². The molecule has 0 aliphatic rings. The van der Waals surface area contributed by atoms with Crippen molar-refractivity contribution in [1.82, 2.24) is 5.32 Å². The van der Waals surface area contributed by atoms with Gasteiger partial charge >= 0.3 is 5.97 Å². The Balaban J connectivity index is 2.62. The van der Waals surface area contributed by atoms with Crippen LogP contribution in [0.15, 0.2) is 12.1 Å². The lowest BCUT2D eigenvalue weighted by Gasteiger charge is -2.27. The standard InChI is InChI=1S/C14H21NO4S/c1-3-7-14(19,8-4-2)9-15-12(16)10-5-6-11(20-10)13(17)18/h5-6,19H,3-4,7-9H2,1-2H3,(H,15,16)(H,17,18). The van der Waals surface area contributed by atoms with Gasteiger partial charge in [-0.25, -0.2) is 4.79 Å². The Morgan fingerprint density at radius 3 is 2.20 bits per heavy atom. The fourth-order valence-corrected chi connectivity index (χ4v) is 2.90. The average molecular weight is 299 g/mol. The Morgan fingerprint density at radius 2 is 1.75 bits per heavy atom. The third kappa shape index (κ3) is 4.61. The number of rotatable bonds is 8. The van der Waals surface area contributed by atoms with Crippen LogP contribution in [0.2, 0.25) is 0 Å². The van der Waals surface area contributed by atoms with Crippen molar-refractivity contribution in [2.45, 2.75) is 45.1 Å². The van der Waals surface area contributed by atoms with E-state index >= 15 is 0 Å². The Hall–Kier alpha value is -1.40. The molecule has 0 aromatic carbocycles. The van der Waals surface area contributed by atoms with Crippen molar-refractivity contribution in [3.05, 3.63) is 21.9 Å². The van der Waals surface area contributed by atoms with E-state index in [1.807, 2.05) is 13.8 Å². The zero-order valence-electron chi connectivity index (χ0n) is 11.8. The number of nitrogens with one attached hydrogen (secondary N) is 1. The third-order valence-electron chi connectivity index (χ3n) is 3.05. The molecule has 0 spiro atoms. The van der Waals surface area contributed by atoms with Crippen molar-refractivity contribution in [2.75, 3.05) is 6.54 Å². The summed E-state index contributed by atoms with van der Waals surface area (Å²) in [5.74, 6) is -1.38. The van der Waals surface area contributed by atoms with E-state index in [-0.39, 0.29) is 17.3 Å². The lowest BCUT2D eigenvalue weighted by atomic mass is 9.92. The van der Waals surface area contributed by atoms with Crippen molar-refractivity contribution < 1.29 is 19.8 Å². The van der Waals surface area contributed by atoms with Crippen molar-refractivity contribution in [1.29, 1.82) is 0 Å². The summed E-state index contributed by atoms with van der Waals surface area (Å²) in [5, 5.41) is 21.9. The van der Waals surface area contributed by atoms with Crippen LogP contribution in [-0.2, 0) is 0 Å². The minimum Gasteiger partial charge on any atom is -0.477 e. The fraction of sp³-hybridized carbons (Fsp3) is 0.571. The van der Waals surface area contributed by atoms with E-state index in [2.05, 4.69) is 5.32 Å². The highest BCUT2D eigenvalue weighted by atomic mass is 32.1. The quantitative estimate of drug-likeness (QED) is 0.688. The molecular weight excluding hydrogens is 278 g/mol. The van der Waals surface area contributed by atoms with Crippen LogP contribution in [-0.4, -0.2) is 34.2 Å². The molecule has 1 amide bonds. The van der Waals surface area contributed by atoms with Crippen molar-refractivity contribution in [3.8, 4) is 0 Å². The molecule has 112 valence electrons. The van der Waals surface area contributed by atoms with Gasteiger partial charge in [-0.1, -0.05) is 26.7 Å². The summed E-state index contributed by atoms with van der Waals surface area (Å²) < 4.78 is 0. The lowest BCUT2D eigenvalue weighted by Crippen LogP contribution is -2.42. The van der Waals surface area contributed by atoms with Gasteiger partial charge in [-0.2, -0.15) is 0 Å². The first-order valence-electron chi connectivity index (χ1n) is 6.75. The molecule has 0 atom stereocenters. The number of aliphatic hydroxyl groups is 1. The molecule has 0 fully saturated rings. The molecule has 5 nitrogen and oxygen atoms in total. The number of amides is 1. The second kappa shape index (κ2) is 7.40. The van der Waals surface area contributed by atoms with Crippen molar-refractivity contribution in [3.63, 3.8) is 0 Å². The summed E-state index contributed by atoms with van der Waals surface area (Å²) in [6.07, 6.45) is 2.95. The average Bonchev–Trinajstić information content (AvgIpc) is 2.86. The molecule has 6 heteroatoms. The van der Waals surface area contributed by atoms with Gasteiger partial charge in [0.1, 0.15) is 4.88 Å². The van der Waals surface area contributed by atoms with Gasteiger partial charge in [-0.3, -0.25) is 4.79 Å². The van der Waals surface area contributed by atoms with Crippen LogP contribution in [0.5, 0.6) is 0 Å². The number of hydrogen-bond donors (Lipinski definition) is 3. The monoisotopic (exact) mass is 299 g/mol. The summed E-state index contributed by atoms with van der Waals surface area (Å²) in [4.78, 5) is 23.2. The summed E-state index contributed by atoms with van der Waals surface area (Å²) in [5.41, 5.74) is -0.883. The van der Waals surface area contributed by atoms with Gasteiger partial charge < -0.3 is 15.5 Å². The zero-order chi connectivity index (χ0) is 15.2. The van der Waals surface area contributed by atoms with Gasteiger partial charge in [0.05, 0.1) is 10.5 Å². The number of aromatic carboxylic acids is 1. The van der Waals surface area contributed by atoms with E-state index in [1.165, 1.54) is 12.1 Å². The number of carboxylic acid groups (broad SMARTS) is 1. The van der Waals surface area contributed by atoms with Gasteiger partial charge in [0.2, 0.25) is 0 Å². The SMILES string of the molecule is CCCC(O)(CCC)CNC(=O)c1ccc(C(=O)O)s1. The fourth-order valence-electron chi connectivity index (χ4n) is 2.14. The molecule has 0 saturated carbocycles. The smallest absolute Gasteiger partial charge is 0.345 e. The first kappa shape index (κ1) is 16.7. The third-order valence-corrected chi connectivity index (χ3v) is 4.12. The Bertz CT molecular complexity index is 463. The van der Waals surface area contributed by atoms with E-state index in [0.29, 0.717) is 17.7 Å². The second-order valence-corrected chi connectivity index (χ2v) is 5.96. The van der Waals surface area contributed by atoms with Crippen LogP contribution in [0.1, 0.15) is 58.9 Å². The van der Waals surface area contributed by atoms with Crippen LogP contribution < -0.4 is 5.32 Å². The normalized spacial score (nSPS) is 11.3. The van der Waals surface area contributed by atoms with Crippen LogP contribution in [0.3, 0.4) is 0 Å². The molecule has 20 heavy (non-hydrogen) atoms. The summed E-state index contributed by atoms with van der Waals surface area (Å²) in [6.45, 7) is 4.16. The molecule has 0 aliphatic heterocycles. The lowest BCUT2D eigenvalue weighted by molar-refractivity contribution is 0.0213. The summed E-state index contributed by atoms with van der Waals surface area (Å²) in [6, 6.07) is 2.90. The topological polar surface area (TPSA) is 86.6 Å². The maximum absolute atomic E-state index is 11.9. The number of carboxylic acids is 1. The largest absolute Gasteiger partial charge is 0.477 e. The summed E-state index contributed by atoms with van der Waals surface area (Å²) in [7, 11) is 0. The van der Waals surface area contributed by atoms with E-state index in [4.69, 9.17) is 5.11 Å². The molecule has 1 rings (SSSR count). The number of hydrogen-bond acceptors (Lipinski definition) is 4. The van der Waals surface area contributed by atoms with Crippen LogP contribution >= 0.6 is 11.3 Å². The molecule has 0 radical (unpaired) electrons. The van der Waals surface area contributed by atoms with Crippen LogP contribution in [0, 0.1) is 0 Å². The van der Waals surface area contributed by atoms with E-state index in [0.717, 1.165) is 24.2 Å². The second-order valence-electron chi connectivity index (χ2n) is 4.88. The Morgan fingerprint density at radius 1 is 1.20 bits per heavy atom. The Kier molecular flexibility index (Phi) is 6.16. The van der Waals surface area contributed by atoms with Gasteiger partial charge in [0, 0.05) is 6.54 Å². The minimum atomic E-state index is -1.04. The highest BCUT2D eigenvalue weighted by Gasteiger charge is 2.26. The molecule has 1 heterocycles. The molecule has 1 aromatic heterocycles. The predicted molar refractivity (Wildman–Crippen MR) is 78.4 cm³/mol. The van der Waals surface area contributed by atoms with E-state index in [9.17, 15) is 14.7 Å². The van der Waals surface area contributed by atoms with Gasteiger partial charge in [-0.15, -0.1) is 11.3 Å².